The van der Waals surface area contributed by atoms with Gasteiger partial charge in [-0.2, -0.15) is 0 Å². The molecule has 3 aromatic rings. The van der Waals surface area contributed by atoms with Gasteiger partial charge in [-0.05, 0) is 86.6 Å². The summed E-state index contributed by atoms with van der Waals surface area (Å²) >= 11 is 0. The van der Waals surface area contributed by atoms with Crippen molar-refractivity contribution >= 4 is 23.2 Å². The highest BCUT2D eigenvalue weighted by Crippen LogP contribution is 2.20. The Bertz CT molecular complexity index is 993. The molecule has 8 nitrogen and oxygen atoms in total. The van der Waals surface area contributed by atoms with Crippen LogP contribution in [0.15, 0.2) is 72.8 Å². The van der Waals surface area contributed by atoms with E-state index in [2.05, 4.69) is 10.6 Å². The molecule has 0 heterocycles. The number of amides is 2. The zero-order valence-corrected chi connectivity index (χ0v) is 19.5. The molecule has 2 N–H and O–H groups in total. The molecule has 8 heteroatoms. The van der Waals surface area contributed by atoms with E-state index >= 15 is 0 Å². The molecular formula is C26H28N2O6. The number of hydrogen-bond acceptors (Lipinski definition) is 6. The monoisotopic (exact) mass is 464 g/mol. The number of carbonyl (C=O) groups is 2. The molecule has 0 spiro atoms. The SMILES string of the molecule is COc1ccc(O[C@@H](C)C(=O)Nc2ccc(NC(=O)[C@@H](C)Oc3ccc(OC)cc3)cc2)cc1. The lowest BCUT2D eigenvalue weighted by Crippen LogP contribution is -2.30. The molecule has 0 saturated heterocycles. The lowest BCUT2D eigenvalue weighted by Gasteiger charge is -2.16. The highest BCUT2D eigenvalue weighted by atomic mass is 16.5. The molecule has 0 aromatic heterocycles. The predicted molar refractivity (Wildman–Crippen MR) is 130 cm³/mol. The molecule has 34 heavy (non-hydrogen) atoms. The van der Waals surface area contributed by atoms with E-state index in [0.717, 1.165) is 0 Å². The van der Waals surface area contributed by atoms with Gasteiger partial charge in [0, 0.05) is 11.4 Å². The van der Waals surface area contributed by atoms with Crippen molar-refractivity contribution in [2.75, 3.05) is 24.9 Å². The minimum absolute atomic E-state index is 0.297. The zero-order valence-electron chi connectivity index (χ0n) is 19.5. The summed E-state index contributed by atoms with van der Waals surface area (Å²) in [4.78, 5) is 24.9. The van der Waals surface area contributed by atoms with Crippen molar-refractivity contribution in [3.8, 4) is 23.0 Å². The van der Waals surface area contributed by atoms with Crippen LogP contribution in [0.3, 0.4) is 0 Å². The average molecular weight is 465 g/mol. The van der Waals surface area contributed by atoms with Gasteiger partial charge in [-0.3, -0.25) is 9.59 Å². The van der Waals surface area contributed by atoms with Crippen molar-refractivity contribution in [2.24, 2.45) is 0 Å². The van der Waals surface area contributed by atoms with Gasteiger partial charge in [0.2, 0.25) is 0 Å². The third-order valence-corrected chi connectivity index (χ3v) is 4.90. The molecule has 0 aliphatic carbocycles. The quantitative estimate of drug-likeness (QED) is 0.458. The summed E-state index contributed by atoms with van der Waals surface area (Å²) in [7, 11) is 3.17. The lowest BCUT2D eigenvalue weighted by molar-refractivity contribution is -0.122. The molecule has 2 atom stereocenters. The van der Waals surface area contributed by atoms with E-state index in [9.17, 15) is 9.59 Å². The number of methoxy groups -OCH3 is 2. The Morgan fingerprint density at radius 3 is 1.15 bits per heavy atom. The van der Waals surface area contributed by atoms with E-state index in [1.165, 1.54) is 0 Å². The summed E-state index contributed by atoms with van der Waals surface area (Å²) in [6.45, 7) is 3.33. The molecule has 0 bridgehead atoms. The summed E-state index contributed by atoms with van der Waals surface area (Å²) < 4.78 is 21.6. The Kier molecular flexibility index (Phi) is 8.34. The van der Waals surface area contributed by atoms with Crippen LogP contribution in [0.1, 0.15) is 13.8 Å². The van der Waals surface area contributed by atoms with E-state index in [1.807, 2.05) is 0 Å². The number of carbonyl (C=O) groups excluding carboxylic acids is 2. The van der Waals surface area contributed by atoms with Gasteiger partial charge in [-0.25, -0.2) is 0 Å². The summed E-state index contributed by atoms with van der Waals surface area (Å²) in [5, 5.41) is 5.59. The predicted octanol–water partition coefficient (Wildman–Crippen LogP) is 4.52. The number of rotatable bonds is 10. The molecule has 0 radical (unpaired) electrons. The first kappa shape index (κ1) is 24.4. The van der Waals surface area contributed by atoms with E-state index in [1.54, 1.807) is 101 Å². The number of benzene rings is 3. The largest absolute Gasteiger partial charge is 0.497 e. The fourth-order valence-corrected chi connectivity index (χ4v) is 2.95. The minimum atomic E-state index is -0.705. The Labute approximate surface area is 198 Å². The van der Waals surface area contributed by atoms with E-state index < -0.39 is 12.2 Å². The zero-order chi connectivity index (χ0) is 24.5. The van der Waals surface area contributed by atoms with Crippen LogP contribution in [0.5, 0.6) is 23.0 Å². The second-order valence-electron chi connectivity index (χ2n) is 7.43. The molecule has 3 aromatic carbocycles. The second kappa shape index (κ2) is 11.6. The minimum Gasteiger partial charge on any atom is -0.497 e. The van der Waals surface area contributed by atoms with Crippen LogP contribution in [0.2, 0.25) is 0 Å². The fourth-order valence-electron chi connectivity index (χ4n) is 2.95. The van der Waals surface area contributed by atoms with E-state index in [-0.39, 0.29) is 11.8 Å². The highest BCUT2D eigenvalue weighted by molar-refractivity contribution is 5.96. The first-order valence-electron chi connectivity index (χ1n) is 10.7. The number of hydrogen-bond donors (Lipinski definition) is 2. The van der Waals surface area contributed by atoms with E-state index in [0.29, 0.717) is 34.4 Å². The maximum absolute atomic E-state index is 12.5. The summed E-state index contributed by atoms with van der Waals surface area (Å²) in [6, 6.07) is 20.8. The van der Waals surface area contributed by atoms with Crippen molar-refractivity contribution in [1.82, 2.24) is 0 Å². The van der Waals surface area contributed by atoms with Crippen LogP contribution in [0, 0.1) is 0 Å². The lowest BCUT2D eigenvalue weighted by atomic mass is 10.2. The molecule has 0 fully saturated rings. The summed E-state index contributed by atoms with van der Waals surface area (Å²) in [6.07, 6.45) is -1.41. The Balaban J connectivity index is 1.49. The standard InChI is InChI=1S/C26H28N2O6/c1-17(33-23-13-9-21(31-3)10-14-23)25(29)27-19-5-7-20(8-6-19)28-26(30)18(2)34-24-15-11-22(32-4)12-16-24/h5-18H,1-4H3,(H,27,29)(H,28,30)/t17-,18+. The van der Waals surface area contributed by atoms with Crippen molar-refractivity contribution in [2.45, 2.75) is 26.1 Å². The number of nitrogens with one attached hydrogen (secondary N) is 2. The van der Waals surface area contributed by atoms with Gasteiger partial charge in [0.25, 0.3) is 11.8 Å². The third-order valence-electron chi connectivity index (χ3n) is 4.90. The molecule has 3 rings (SSSR count). The molecule has 178 valence electrons. The van der Waals surface area contributed by atoms with Crippen LogP contribution in [-0.4, -0.2) is 38.2 Å². The molecule has 0 unspecified atom stereocenters. The Hall–Kier alpha value is -4.20. The first-order chi connectivity index (χ1) is 16.4. The topological polar surface area (TPSA) is 95.1 Å². The summed E-state index contributed by atoms with van der Waals surface area (Å²) in [5.41, 5.74) is 1.16. The van der Waals surface area contributed by atoms with E-state index in [4.69, 9.17) is 18.9 Å². The van der Waals surface area contributed by atoms with Crippen molar-refractivity contribution < 1.29 is 28.5 Å². The maximum Gasteiger partial charge on any atom is 0.265 e. The Morgan fingerprint density at radius 1 is 0.559 bits per heavy atom. The van der Waals surface area contributed by atoms with Gasteiger partial charge in [-0.15, -0.1) is 0 Å². The maximum atomic E-state index is 12.5. The van der Waals surface area contributed by atoms with Gasteiger partial charge < -0.3 is 29.6 Å². The molecule has 0 aliphatic rings. The van der Waals surface area contributed by atoms with Crippen LogP contribution in [0.25, 0.3) is 0 Å². The van der Waals surface area contributed by atoms with Crippen LogP contribution in [0.4, 0.5) is 11.4 Å². The van der Waals surface area contributed by atoms with Gasteiger partial charge in [0.05, 0.1) is 14.2 Å². The van der Waals surface area contributed by atoms with Crippen molar-refractivity contribution in [3.05, 3.63) is 72.8 Å². The van der Waals surface area contributed by atoms with Gasteiger partial charge in [0.1, 0.15) is 23.0 Å². The molecule has 0 aliphatic heterocycles. The van der Waals surface area contributed by atoms with Crippen LogP contribution < -0.4 is 29.6 Å². The van der Waals surface area contributed by atoms with Crippen LogP contribution >= 0.6 is 0 Å². The highest BCUT2D eigenvalue weighted by Gasteiger charge is 2.17. The molecule has 2 amide bonds. The first-order valence-corrected chi connectivity index (χ1v) is 10.7. The van der Waals surface area contributed by atoms with Crippen molar-refractivity contribution in [1.29, 1.82) is 0 Å². The van der Waals surface area contributed by atoms with Gasteiger partial charge >= 0.3 is 0 Å². The molecule has 0 saturated carbocycles. The number of ether oxygens (including phenoxy) is 4. The fraction of sp³-hybridized carbons (Fsp3) is 0.231. The molecular weight excluding hydrogens is 436 g/mol. The number of anilines is 2. The third kappa shape index (κ3) is 6.90. The second-order valence-corrected chi connectivity index (χ2v) is 7.43. The normalized spacial score (nSPS) is 12.1. The summed E-state index contributed by atoms with van der Waals surface area (Å²) in [5.74, 6) is 1.94. The van der Waals surface area contributed by atoms with Gasteiger partial charge in [0.15, 0.2) is 12.2 Å². The van der Waals surface area contributed by atoms with Crippen molar-refractivity contribution in [3.63, 3.8) is 0 Å². The Morgan fingerprint density at radius 2 is 0.853 bits per heavy atom. The smallest absolute Gasteiger partial charge is 0.265 e. The van der Waals surface area contributed by atoms with Crippen LogP contribution in [-0.2, 0) is 9.59 Å². The van der Waals surface area contributed by atoms with Gasteiger partial charge in [-0.1, -0.05) is 0 Å². The average Bonchev–Trinajstić information content (AvgIpc) is 2.86.